The van der Waals surface area contributed by atoms with Gasteiger partial charge in [-0.2, -0.15) is 0 Å². The van der Waals surface area contributed by atoms with Crippen molar-refractivity contribution >= 4 is 0 Å². The van der Waals surface area contributed by atoms with E-state index in [1.54, 1.807) is 0 Å². The molecule has 2 nitrogen and oxygen atoms in total. The molecule has 0 amide bonds. The molecule has 0 spiro atoms. The number of hydrogen-bond acceptors (Lipinski definition) is 2. The maximum atomic E-state index is 4.98. The molecule has 0 aromatic carbocycles. The second-order valence-corrected chi connectivity index (χ2v) is 2.83. The molecule has 0 aliphatic carbocycles. The summed E-state index contributed by atoms with van der Waals surface area (Å²) in [6.45, 7) is 2.90. The lowest BCUT2D eigenvalue weighted by Crippen LogP contribution is -2.09. The first-order valence-electron chi connectivity index (χ1n) is 4.61. The van der Waals surface area contributed by atoms with Gasteiger partial charge in [0.1, 0.15) is 0 Å². The summed E-state index contributed by atoms with van der Waals surface area (Å²) in [5.41, 5.74) is 0. The van der Waals surface area contributed by atoms with Crippen LogP contribution >= 0.6 is 0 Å². The summed E-state index contributed by atoms with van der Waals surface area (Å²) in [5, 5.41) is 3.10. The van der Waals surface area contributed by atoms with Crippen LogP contribution in [-0.2, 0) is 4.74 Å². The molecule has 1 N–H and O–H groups in total. The molecule has 0 bridgehead atoms. The Labute approximate surface area is 74.3 Å². The van der Waals surface area contributed by atoms with Gasteiger partial charge in [0.15, 0.2) is 0 Å². The van der Waals surface area contributed by atoms with E-state index in [4.69, 9.17) is 4.74 Å². The predicted molar refractivity (Wildman–Crippen MR) is 51.0 cm³/mol. The van der Waals surface area contributed by atoms with Crippen LogP contribution in [0.2, 0.25) is 0 Å². The van der Waals surface area contributed by atoms with Gasteiger partial charge < -0.3 is 10.1 Å². The van der Waals surface area contributed by atoms with Gasteiger partial charge in [0, 0.05) is 6.54 Å². The van der Waals surface area contributed by atoms with Crippen LogP contribution in [0.5, 0.6) is 0 Å². The summed E-state index contributed by atoms with van der Waals surface area (Å²) in [7, 11) is 0. The maximum Gasteiger partial charge on any atom is 0.0647 e. The lowest BCUT2D eigenvalue weighted by Gasteiger charge is -2.02. The van der Waals surface area contributed by atoms with E-state index in [0.717, 1.165) is 26.2 Å². The van der Waals surface area contributed by atoms with E-state index < -0.39 is 0 Å². The van der Waals surface area contributed by atoms with Crippen molar-refractivity contribution in [2.24, 2.45) is 0 Å². The predicted octanol–water partition coefficient (Wildman–Crippen LogP) is 1.85. The van der Waals surface area contributed by atoms with Crippen molar-refractivity contribution < 1.29 is 4.74 Å². The molecule has 0 aromatic rings. The van der Waals surface area contributed by atoms with E-state index in [-0.39, 0.29) is 0 Å². The molecular weight excluding hydrogens is 150 g/mol. The van der Waals surface area contributed by atoms with Crippen LogP contribution in [0.1, 0.15) is 19.3 Å². The van der Waals surface area contributed by atoms with Gasteiger partial charge in [-0.05, 0) is 25.5 Å². The zero-order valence-electron chi connectivity index (χ0n) is 7.46. The standard InChI is InChI=1S/C5H9N.C5H8O/c2*1-2-4-6-5-3-1/h2,4,6H,1,3,5H2;1-2H,3-5H2. The molecule has 12 heavy (non-hydrogen) atoms. The number of ether oxygens (including phenoxy) is 1. The van der Waals surface area contributed by atoms with Crippen molar-refractivity contribution in [3.8, 4) is 0 Å². The van der Waals surface area contributed by atoms with Crippen LogP contribution in [0.4, 0.5) is 0 Å². The molecule has 68 valence electrons. The van der Waals surface area contributed by atoms with Crippen molar-refractivity contribution in [3.63, 3.8) is 0 Å². The topological polar surface area (TPSA) is 21.3 Å². The third kappa shape index (κ3) is 4.97. The van der Waals surface area contributed by atoms with E-state index in [1.165, 1.54) is 12.8 Å². The van der Waals surface area contributed by atoms with Crippen molar-refractivity contribution in [1.82, 2.24) is 5.32 Å². The van der Waals surface area contributed by atoms with Gasteiger partial charge in [-0.3, -0.25) is 0 Å². The minimum absolute atomic E-state index is 0.819. The van der Waals surface area contributed by atoms with E-state index in [1.807, 2.05) is 12.3 Å². The van der Waals surface area contributed by atoms with Crippen LogP contribution < -0.4 is 5.32 Å². The van der Waals surface area contributed by atoms with Gasteiger partial charge in [0.2, 0.25) is 0 Å². The molecule has 0 fully saturated rings. The minimum atomic E-state index is 0.819. The molecule has 0 aromatic heterocycles. The van der Waals surface area contributed by atoms with Crippen LogP contribution in [0.15, 0.2) is 24.4 Å². The fourth-order valence-corrected chi connectivity index (χ4v) is 1.06. The third-order valence-corrected chi connectivity index (χ3v) is 1.74. The zero-order chi connectivity index (χ0) is 8.49. The summed E-state index contributed by atoms with van der Waals surface area (Å²) in [6.07, 6.45) is 12.0. The Morgan fingerprint density at radius 2 is 2.08 bits per heavy atom. The molecule has 0 atom stereocenters. The molecular formula is C10H17NO. The van der Waals surface area contributed by atoms with Gasteiger partial charge in [-0.15, -0.1) is 0 Å². The van der Waals surface area contributed by atoms with Crippen LogP contribution in [0.3, 0.4) is 0 Å². The monoisotopic (exact) mass is 167 g/mol. The molecule has 0 unspecified atom stereocenters. The first-order chi connectivity index (χ1) is 6.00. The van der Waals surface area contributed by atoms with Gasteiger partial charge in [-0.1, -0.05) is 18.2 Å². The first kappa shape index (κ1) is 9.33. The lowest BCUT2D eigenvalue weighted by molar-refractivity contribution is 0.158. The number of rotatable bonds is 0. The zero-order valence-corrected chi connectivity index (χ0v) is 7.46. The Morgan fingerprint density at radius 3 is 2.25 bits per heavy atom. The minimum Gasteiger partial charge on any atom is -0.391 e. The maximum absolute atomic E-state index is 4.98. The van der Waals surface area contributed by atoms with Gasteiger partial charge >= 0.3 is 0 Å². The third-order valence-electron chi connectivity index (χ3n) is 1.74. The van der Waals surface area contributed by atoms with Gasteiger partial charge in [0.05, 0.1) is 13.2 Å². The summed E-state index contributed by atoms with van der Waals surface area (Å²) in [5.74, 6) is 0. The van der Waals surface area contributed by atoms with Crippen molar-refractivity contribution in [2.45, 2.75) is 19.3 Å². The van der Waals surface area contributed by atoms with Crippen LogP contribution in [-0.4, -0.2) is 19.8 Å². The molecule has 2 heteroatoms. The summed E-state index contributed by atoms with van der Waals surface area (Å²) < 4.78 is 4.98. The van der Waals surface area contributed by atoms with Crippen molar-refractivity contribution in [1.29, 1.82) is 0 Å². The number of nitrogens with one attached hydrogen (secondary N) is 1. The Balaban J connectivity index is 0.000000120. The summed E-state index contributed by atoms with van der Waals surface area (Å²) in [6, 6.07) is 0. The largest absolute Gasteiger partial charge is 0.391 e. The normalized spacial score (nSPS) is 20.7. The average Bonchev–Trinajstić information content (AvgIpc) is 2.24. The molecule has 2 aliphatic rings. The Kier molecular flexibility index (Phi) is 5.38. The van der Waals surface area contributed by atoms with E-state index in [0.29, 0.717) is 0 Å². The highest BCUT2D eigenvalue weighted by Crippen LogP contribution is 1.92. The quantitative estimate of drug-likeness (QED) is 0.556. The highest BCUT2D eigenvalue weighted by molar-refractivity contribution is 4.84. The lowest BCUT2D eigenvalue weighted by atomic mass is 10.2. The summed E-state index contributed by atoms with van der Waals surface area (Å²) in [4.78, 5) is 0. The molecule has 2 aliphatic heterocycles. The highest BCUT2D eigenvalue weighted by atomic mass is 16.5. The summed E-state index contributed by atoms with van der Waals surface area (Å²) >= 11 is 0. The molecule has 0 radical (unpaired) electrons. The van der Waals surface area contributed by atoms with Gasteiger partial charge in [0.25, 0.3) is 0 Å². The van der Waals surface area contributed by atoms with Crippen molar-refractivity contribution in [3.05, 3.63) is 24.4 Å². The van der Waals surface area contributed by atoms with Crippen molar-refractivity contribution in [2.75, 3.05) is 19.8 Å². The second-order valence-electron chi connectivity index (χ2n) is 2.83. The van der Waals surface area contributed by atoms with Crippen LogP contribution in [0.25, 0.3) is 0 Å². The SMILES string of the molecule is C1=CCOCC1.C1=CNCCC1. The van der Waals surface area contributed by atoms with Gasteiger partial charge in [-0.25, -0.2) is 0 Å². The number of allylic oxidation sites excluding steroid dienone is 1. The average molecular weight is 167 g/mol. The highest BCUT2D eigenvalue weighted by Gasteiger charge is 1.86. The molecule has 0 saturated heterocycles. The molecule has 2 heterocycles. The molecule has 0 saturated carbocycles. The van der Waals surface area contributed by atoms with E-state index in [2.05, 4.69) is 17.5 Å². The van der Waals surface area contributed by atoms with E-state index >= 15 is 0 Å². The second kappa shape index (κ2) is 6.92. The Bertz CT molecular complexity index is 118. The number of hydrogen-bond donors (Lipinski definition) is 1. The smallest absolute Gasteiger partial charge is 0.0647 e. The fourth-order valence-electron chi connectivity index (χ4n) is 1.06. The Morgan fingerprint density at radius 1 is 1.08 bits per heavy atom. The molecule has 2 rings (SSSR count). The Hall–Kier alpha value is -0.760. The first-order valence-corrected chi connectivity index (χ1v) is 4.61. The fraction of sp³-hybridized carbons (Fsp3) is 0.600. The van der Waals surface area contributed by atoms with E-state index in [9.17, 15) is 0 Å². The van der Waals surface area contributed by atoms with Crippen LogP contribution in [0, 0.1) is 0 Å².